The number of benzene rings is 1. The van der Waals surface area contributed by atoms with Crippen molar-refractivity contribution in [2.45, 2.75) is 19.3 Å². The number of rotatable bonds is 3. The molecule has 0 aliphatic heterocycles. The predicted octanol–water partition coefficient (Wildman–Crippen LogP) is 4.22. The first-order valence-corrected chi connectivity index (χ1v) is 9.49. The van der Waals surface area contributed by atoms with Crippen molar-refractivity contribution in [3.05, 3.63) is 58.9 Å². The highest BCUT2D eigenvalue weighted by Gasteiger charge is 2.22. The zero-order valence-electron chi connectivity index (χ0n) is 15.3. The molecule has 3 aromatic heterocycles. The molecule has 140 valence electrons. The average Bonchev–Trinajstić information content (AvgIpc) is 3.31. The molecule has 0 saturated heterocycles. The van der Waals surface area contributed by atoms with Crippen molar-refractivity contribution < 1.29 is 4.74 Å². The summed E-state index contributed by atoms with van der Waals surface area (Å²) >= 11 is 6.27. The van der Waals surface area contributed by atoms with Gasteiger partial charge in [-0.05, 0) is 54.7 Å². The molecule has 1 aromatic carbocycles. The molecule has 4 aromatic rings. The number of pyridine rings is 2. The summed E-state index contributed by atoms with van der Waals surface area (Å²) in [5, 5.41) is 0.345. The molecule has 1 aliphatic rings. The number of hydrogen-bond donors (Lipinski definition) is 1. The Morgan fingerprint density at radius 3 is 2.79 bits per heavy atom. The van der Waals surface area contributed by atoms with Crippen molar-refractivity contribution >= 4 is 28.6 Å². The molecule has 0 unspecified atom stereocenters. The first kappa shape index (κ1) is 17.0. The van der Waals surface area contributed by atoms with Gasteiger partial charge in [0.25, 0.3) is 0 Å². The Morgan fingerprint density at radius 2 is 1.96 bits per heavy atom. The number of imidazole rings is 1. The molecule has 0 amide bonds. The second kappa shape index (κ2) is 6.49. The standard InChI is InChI=1S/C21H18ClN5O/c1-28-16-11-17(22)25-21-18(16)26-20(15-6-3-9-24-19(15)23)27(21)14-8-7-12-4-2-5-13(12)10-14/h3,6-11H,2,4-5H2,1H3,(H2,23,24). The predicted molar refractivity (Wildman–Crippen MR) is 110 cm³/mol. The number of halogens is 1. The molecule has 0 fully saturated rings. The van der Waals surface area contributed by atoms with E-state index >= 15 is 0 Å². The van der Waals surface area contributed by atoms with E-state index in [4.69, 9.17) is 27.1 Å². The number of fused-ring (bicyclic) bond motifs is 2. The van der Waals surface area contributed by atoms with E-state index in [0.717, 1.165) is 24.1 Å². The number of nitrogen functional groups attached to an aromatic ring is 1. The summed E-state index contributed by atoms with van der Waals surface area (Å²) < 4.78 is 7.49. The summed E-state index contributed by atoms with van der Waals surface area (Å²) in [5.41, 5.74) is 11.9. The van der Waals surface area contributed by atoms with Crippen LogP contribution in [0.25, 0.3) is 28.2 Å². The molecule has 2 N–H and O–H groups in total. The summed E-state index contributed by atoms with van der Waals surface area (Å²) in [4.78, 5) is 13.6. The topological polar surface area (TPSA) is 78.8 Å². The molecule has 7 heteroatoms. The van der Waals surface area contributed by atoms with E-state index in [9.17, 15) is 0 Å². The highest BCUT2D eigenvalue weighted by Crippen LogP contribution is 2.36. The lowest BCUT2D eigenvalue weighted by Crippen LogP contribution is -2.02. The molecule has 0 saturated carbocycles. The summed E-state index contributed by atoms with van der Waals surface area (Å²) in [5.74, 6) is 1.63. The number of aryl methyl sites for hydroxylation is 2. The van der Waals surface area contributed by atoms with Crippen LogP contribution in [0.3, 0.4) is 0 Å². The van der Waals surface area contributed by atoms with Gasteiger partial charge in [-0.15, -0.1) is 0 Å². The molecule has 0 atom stereocenters. The van der Waals surface area contributed by atoms with E-state index in [2.05, 4.69) is 28.2 Å². The quantitative estimate of drug-likeness (QED) is 0.529. The third-order valence-electron chi connectivity index (χ3n) is 5.19. The number of nitrogens with two attached hydrogens (primary N) is 1. The monoisotopic (exact) mass is 391 g/mol. The zero-order chi connectivity index (χ0) is 19.3. The summed E-state index contributed by atoms with van der Waals surface area (Å²) in [6.07, 6.45) is 5.05. The number of methoxy groups -OCH3 is 1. The van der Waals surface area contributed by atoms with Crippen LogP contribution in [0.1, 0.15) is 17.5 Å². The van der Waals surface area contributed by atoms with Crippen LogP contribution in [0.15, 0.2) is 42.6 Å². The third-order valence-corrected chi connectivity index (χ3v) is 5.38. The fourth-order valence-electron chi connectivity index (χ4n) is 3.88. The fourth-order valence-corrected chi connectivity index (χ4v) is 4.05. The van der Waals surface area contributed by atoms with E-state index < -0.39 is 0 Å². The summed E-state index contributed by atoms with van der Waals surface area (Å²) in [6, 6.07) is 11.9. The maximum absolute atomic E-state index is 6.27. The first-order chi connectivity index (χ1) is 13.7. The highest BCUT2D eigenvalue weighted by atomic mass is 35.5. The highest BCUT2D eigenvalue weighted by molar-refractivity contribution is 6.30. The molecule has 0 spiro atoms. The minimum absolute atomic E-state index is 0.345. The van der Waals surface area contributed by atoms with Crippen molar-refractivity contribution in [3.8, 4) is 22.8 Å². The van der Waals surface area contributed by atoms with Crippen molar-refractivity contribution in [1.82, 2.24) is 19.5 Å². The Bertz CT molecular complexity index is 1220. The lowest BCUT2D eigenvalue weighted by Gasteiger charge is -2.12. The Balaban J connectivity index is 1.86. The van der Waals surface area contributed by atoms with Crippen LogP contribution in [0.2, 0.25) is 5.15 Å². The molecule has 6 nitrogen and oxygen atoms in total. The smallest absolute Gasteiger partial charge is 0.170 e. The third kappa shape index (κ3) is 2.60. The molecule has 3 heterocycles. The number of hydrogen-bond acceptors (Lipinski definition) is 5. The van der Waals surface area contributed by atoms with E-state index in [1.165, 1.54) is 17.5 Å². The Morgan fingerprint density at radius 1 is 1.11 bits per heavy atom. The SMILES string of the molecule is COc1cc(Cl)nc2c1nc(-c1cccnc1N)n2-c1ccc2c(c1)CCC2. The number of ether oxygens (including phenoxy) is 1. The van der Waals surface area contributed by atoms with E-state index in [0.29, 0.717) is 33.7 Å². The van der Waals surface area contributed by atoms with Gasteiger partial charge in [-0.3, -0.25) is 4.57 Å². The van der Waals surface area contributed by atoms with Gasteiger partial charge in [-0.25, -0.2) is 15.0 Å². The van der Waals surface area contributed by atoms with Crippen LogP contribution in [0.4, 0.5) is 5.82 Å². The van der Waals surface area contributed by atoms with Gasteiger partial charge in [0.1, 0.15) is 11.0 Å². The maximum atomic E-state index is 6.27. The van der Waals surface area contributed by atoms with Crippen LogP contribution in [-0.4, -0.2) is 26.6 Å². The minimum atomic E-state index is 0.345. The van der Waals surface area contributed by atoms with Gasteiger partial charge in [0, 0.05) is 18.0 Å². The molecule has 0 radical (unpaired) electrons. The Kier molecular flexibility index (Phi) is 3.94. The van der Waals surface area contributed by atoms with E-state index in [-0.39, 0.29) is 0 Å². The maximum Gasteiger partial charge on any atom is 0.170 e. The van der Waals surface area contributed by atoms with Crippen LogP contribution < -0.4 is 10.5 Å². The average molecular weight is 392 g/mol. The Labute approximate surface area is 167 Å². The van der Waals surface area contributed by atoms with Gasteiger partial charge < -0.3 is 10.5 Å². The first-order valence-electron chi connectivity index (χ1n) is 9.11. The Hall–Kier alpha value is -3.12. The molecular formula is C21H18ClN5O. The fraction of sp³-hybridized carbons (Fsp3) is 0.190. The second-order valence-electron chi connectivity index (χ2n) is 6.83. The van der Waals surface area contributed by atoms with Crippen molar-refractivity contribution in [2.24, 2.45) is 0 Å². The van der Waals surface area contributed by atoms with Gasteiger partial charge in [0.2, 0.25) is 0 Å². The second-order valence-corrected chi connectivity index (χ2v) is 7.22. The van der Waals surface area contributed by atoms with Crippen LogP contribution >= 0.6 is 11.6 Å². The number of nitrogens with zero attached hydrogens (tertiary/aromatic N) is 4. The van der Waals surface area contributed by atoms with E-state index in [1.807, 2.05) is 16.7 Å². The number of aromatic nitrogens is 4. The van der Waals surface area contributed by atoms with Gasteiger partial charge in [0.05, 0.1) is 12.7 Å². The summed E-state index contributed by atoms with van der Waals surface area (Å²) in [7, 11) is 1.59. The molecular weight excluding hydrogens is 374 g/mol. The lowest BCUT2D eigenvalue weighted by molar-refractivity contribution is 0.418. The van der Waals surface area contributed by atoms with Crippen LogP contribution in [-0.2, 0) is 12.8 Å². The lowest BCUT2D eigenvalue weighted by atomic mass is 10.1. The minimum Gasteiger partial charge on any atom is -0.494 e. The van der Waals surface area contributed by atoms with Gasteiger partial charge in [-0.2, -0.15) is 0 Å². The van der Waals surface area contributed by atoms with Crippen LogP contribution in [0.5, 0.6) is 5.75 Å². The van der Waals surface area contributed by atoms with Crippen molar-refractivity contribution in [1.29, 1.82) is 0 Å². The normalized spacial score (nSPS) is 13.1. The molecule has 0 bridgehead atoms. The van der Waals surface area contributed by atoms with Gasteiger partial charge in [-0.1, -0.05) is 17.7 Å². The van der Waals surface area contributed by atoms with Crippen molar-refractivity contribution in [3.63, 3.8) is 0 Å². The van der Waals surface area contributed by atoms with Crippen LogP contribution in [0, 0.1) is 0 Å². The molecule has 1 aliphatic carbocycles. The van der Waals surface area contributed by atoms with E-state index in [1.54, 1.807) is 19.4 Å². The summed E-state index contributed by atoms with van der Waals surface area (Å²) in [6.45, 7) is 0. The van der Waals surface area contributed by atoms with Gasteiger partial charge >= 0.3 is 0 Å². The largest absolute Gasteiger partial charge is 0.494 e. The number of anilines is 1. The molecule has 5 rings (SSSR count). The zero-order valence-corrected chi connectivity index (χ0v) is 16.1. The van der Waals surface area contributed by atoms with Gasteiger partial charge in [0.15, 0.2) is 22.7 Å². The molecule has 28 heavy (non-hydrogen) atoms. The van der Waals surface area contributed by atoms with Crippen molar-refractivity contribution in [2.75, 3.05) is 12.8 Å².